The Bertz CT molecular complexity index is 436. The molecule has 0 aromatic heterocycles. The van der Waals surface area contributed by atoms with Crippen molar-refractivity contribution in [1.82, 2.24) is 5.32 Å². The third-order valence-corrected chi connectivity index (χ3v) is 4.08. The second-order valence-corrected chi connectivity index (χ2v) is 5.50. The van der Waals surface area contributed by atoms with E-state index in [1.165, 1.54) is 11.1 Å². The van der Waals surface area contributed by atoms with E-state index >= 15 is 0 Å². The number of rotatable bonds is 1. The van der Waals surface area contributed by atoms with Gasteiger partial charge in [0.2, 0.25) is 5.91 Å². The zero-order valence-corrected chi connectivity index (χ0v) is 10.4. The fourth-order valence-electron chi connectivity index (χ4n) is 2.70. The molecule has 0 bridgehead atoms. The van der Waals surface area contributed by atoms with Crippen molar-refractivity contribution in [2.75, 3.05) is 0 Å². The monoisotopic (exact) mass is 217 g/mol. The number of hydrogen-bond donors (Lipinski definition) is 1. The Morgan fingerprint density at radius 1 is 1.19 bits per heavy atom. The average Bonchev–Trinajstić information content (AvgIpc) is 2.36. The van der Waals surface area contributed by atoms with E-state index in [-0.39, 0.29) is 16.9 Å². The van der Waals surface area contributed by atoms with Crippen molar-refractivity contribution in [3.05, 3.63) is 35.4 Å². The molecule has 86 valence electrons. The van der Waals surface area contributed by atoms with Gasteiger partial charge in [-0.1, -0.05) is 31.2 Å². The smallest absolute Gasteiger partial charge is 0.221 e. The van der Waals surface area contributed by atoms with Gasteiger partial charge in [-0.3, -0.25) is 4.79 Å². The van der Waals surface area contributed by atoms with Crippen LogP contribution in [0.4, 0.5) is 0 Å². The molecule has 16 heavy (non-hydrogen) atoms. The van der Waals surface area contributed by atoms with E-state index in [9.17, 15) is 4.79 Å². The molecule has 1 aromatic carbocycles. The number of carbonyl (C=O) groups is 1. The van der Waals surface area contributed by atoms with Crippen molar-refractivity contribution in [3.8, 4) is 0 Å². The fourth-order valence-corrected chi connectivity index (χ4v) is 2.70. The van der Waals surface area contributed by atoms with Crippen LogP contribution in [0.3, 0.4) is 0 Å². The van der Waals surface area contributed by atoms with E-state index in [1.807, 2.05) is 12.1 Å². The Labute approximate surface area is 97.1 Å². The van der Waals surface area contributed by atoms with Gasteiger partial charge in [0.15, 0.2) is 0 Å². The number of amides is 1. The summed E-state index contributed by atoms with van der Waals surface area (Å²) in [6.45, 7) is 8.49. The Hall–Kier alpha value is -1.31. The Morgan fingerprint density at radius 3 is 2.31 bits per heavy atom. The number of aryl methyl sites for hydroxylation is 1. The molecular formula is C14H19NO. The van der Waals surface area contributed by atoms with Gasteiger partial charge in [-0.05, 0) is 31.9 Å². The first-order valence-electron chi connectivity index (χ1n) is 5.74. The molecule has 1 N–H and O–H groups in total. The first-order chi connectivity index (χ1) is 7.37. The van der Waals surface area contributed by atoms with Gasteiger partial charge in [0, 0.05) is 17.4 Å². The average molecular weight is 217 g/mol. The highest BCUT2D eigenvalue weighted by molar-refractivity contribution is 5.82. The van der Waals surface area contributed by atoms with Gasteiger partial charge in [-0.25, -0.2) is 0 Å². The van der Waals surface area contributed by atoms with Crippen molar-refractivity contribution in [1.29, 1.82) is 0 Å². The van der Waals surface area contributed by atoms with Gasteiger partial charge in [-0.15, -0.1) is 0 Å². The molecule has 0 saturated carbocycles. The van der Waals surface area contributed by atoms with Crippen LogP contribution in [0.5, 0.6) is 0 Å². The second kappa shape index (κ2) is 3.34. The van der Waals surface area contributed by atoms with Gasteiger partial charge in [-0.2, -0.15) is 0 Å². The van der Waals surface area contributed by atoms with Crippen molar-refractivity contribution >= 4 is 5.91 Å². The highest BCUT2D eigenvalue weighted by atomic mass is 16.2. The molecule has 2 heteroatoms. The molecule has 0 radical (unpaired) electrons. The molecule has 1 fully saturated rings. The summed E-state index contributed by atoms with van der Waals surface area (Å²) in [6.07, 6.45) is 0.574. The van der Waals surface area contributed by atoms with Crippen LogP contribution in [0.25, 0.3) is 0 Å². The van der Waals surface area contributed by atoms with Crippen LogP contribution in [0.15, 0.2) is 24.3 Å². The summed E-state index contributed by atoms with van der Waals surface area (Å²) in [6, 6.07) is 8.34. The normalized spacial score (nSPS) is 27.9. The molecule has 1 amide bonds. The van der Waals surface area contributed by atoms with Crippen LogP contribution in [0.1, 0.15) is 38.3 Å². The molecule has 1 unspecified atom stereocenters. The summed E-state index contributed by atoms with van der Waals surface area (Å²) < 4.78 is 0. The number of nitrogens with one attached hydrogen (secondary N) is 1. The Morgan fingerprint density at radius 2 is 1.81 bits per heavy atom. The Balaban J connectivity index is 2.55. The minimum atomic E-state index is -0.184. The zero-order chi connectivity index (χ0) is 12.0. The standard InChI is InChI=1S/C14H19NO/c1-10-7-5-6-8-11(10)14(4)9-12(16)15-13(14,2)3/h5-8H,9H2,1-4H3,(H,15,16). The van der Waals surface area contributed by atoms with Crippen LogP contribution >= 0.6 is 0 Å². The molecule has 1 aliphatic rings. The molecule has 1 saturated heterocycles. The minimum absolute atomic E-state index is 0.116. The zero-order valence-electron chi connectivity index (χ0n) is 10.4. The maximum atomic E-state index is 11.6. The predicted molar refractivity (Wildman–Crippen MR) is 65.4 cm³/mol. The van der Waals surface area contributed by atoms with Crippen LogP contribution in [-0.2, 0) is 10.2 Å². The van der Waals surface area contributed by atoms with Crippen LogP contribution in [0, 0.1) is 6.92 Å². The van der Waals surface area contributed by atoms with E-state index in [1.54, 1.807) is 0 Å². The molecule has 1 aromatic rings. The molecule has 1 atom stereocenters. The highest BCUT2D eigenvalue weighted by Gasteiger charge is 2.50. The molecule has 2 rings (SSSR count). The lowest BCUT2D eigenvalue weighted by Gasteiger charge is -2.38. The molecule has 2 nitrogen and oxygen atoms in total. The second-order valence-electron chi connectivity index (χ2n) is 5.50. The molecule has 0 aliphatic carbocycles. The SMILES string of the molecule is Cc1ccccc1C1(C)CC(=O)NC1(C)C. The van der Waals surface area contributed by atoms with Gasteiger partial charge in [0.05, 0.1) is 0 Å². The van der Waals surface area contributed by atoms with E-state index in [0.717, 1.165) is 0 Å². The molecule has 0 spiro atoms. The third kappa shape index (κ3) is 1.44. The predicted octanol–water partition coefficient (Wildman–Crippen LogP) is 2.55. The summed E-state index contributed by atoms with van der Waals surface area (Å²) in [7, 11) is 0. The van der Waals surface area contributed by atoms with Crippen LogP contribution in [0.2, 0.25) is 0 Å². The summed E-state index contributed by atoms with van der Waals surface area (Å²) in [5.74, 6) is 0.149. The lowest BCUT2D eigenvalue weighted by molar-refractivity contribution is -0.119. The van der Waals surface area contributed by atoms with E-state index < -0.39 is 0 Å². The van der Waals surface area contributed by atoms with Crippen LogP contribution < -0.4 is 5.32 Å². The van der Waals surface area contributed by atoms with E-state index in [2.05, 4.69) is 45.1 Å². The van der Waals surface area contributed by atoms with Crippen LogP contribution in [-0.4, -0.2) is 11.4 Å². The largest absolute Gasteiger partial charge is 0.350 e. The van der Waals surface area contributed by atoms with Crippen molar-refractivity contribution < 1.29 is 4.79 Å². The van der Waals surface area contributed by atoms with Crippen molar-refractivity contribution in [2.45, 2.75) is 45.1 Å². The fraction of sp³-hybridized carbons (Fsp3) is 0.500. The summed E-state index contributed by atoms with van der Waals surface area (Å²) >= 11 is 0. The summed E-state index contributed by atoms with van der Waals surface area (Å²) in [5.41, 5.74) is 2.24. The van der Waals surface area contributed by atoms with Gasteiger partial charge in [0.25, 0.3) is 0 Å². The summed E-state index contributed by atoms with van der Waals surface area (Å²) in [4.78, 5) is 11.6. The van der Waals surface area contributed by atoms with E-state index in [0.29, 0.717) is 6.42 Å². The Kier molecular flexibility index (Phi) is 2.33. The maximum absolute atomic E-state index is 11.6. The lowest BCUT2D eigenvalue weighted by atomic mass is 9.68. The van der Waals surface area contributed by atoms with Crippen molar-refractivity contribution in [3.63, 3.8) is 0 Å². The first-order valence-corrected chi connectivity index (χ1v) is 5.74. The van der Waals surface area contributed by atoms with Gasteiger partial charge >= 0.3 is 0 Å². The van der Waals surface area contributed by atoms with Crippen molar-refractivity contribution in [2.24, 2.45) is 0 Å². The molecule has 1 heterocycles. The summed E-state index contributed by atoms with van der Waals surface area (Å²) in [5, 5.41) is 3.07. The number of benzene rings is 1. The lowest BCUT2D eigenvalue weighted by Crippen LogP contribution is -2.48. The topological polar surface area (TPSA) is 29.1 Å². The first kappa shape index (κ1) is 11.2. The highest BCUT2D eigenvalue weighted by Crippen LogP contribution is 2.43. The number of carbonyl (C=O) groups excluding carboxylic acids is 1. The van der Waals surface area contributed by atoms with Gasteiger partial charge < -0.3 is 5.32 Å². The maximum Gasteiger partial charge on any atom is 0.221 e. The molecular weight excluding hydrogens is 198 g/mol. The van der Waals surface area contributed by atoms with Gasteiger partial charge in [0.1, 0.15) is 0 Å². The van der Waals surface area contributed by atoms with E-state index in [4.69, 9.17) is 0 Å². The quantitative estimate of drug-likeness (QED) is 0.769. The third-order valence-electron chi connectivity index (χ3n) is 4.08. The number of hydrogen-bond acceptors (Lipinski definition) is 1. The minimum Gasteiger partial charge on any atom is -0.350 e. The molecule has 1 aliphatic heterocycles.